The van der Waals surface area contributed by atoms with Gasteiger partial charge in [-0.1, -0.05) is 18.2 Å². The van der Waals surface area contributed by atoms with Gasteiger partial charge in [0.25, 0.3) is 0 Å². The highest BCUT2D eigenvalue weighted by Crippen LogP contribution is 2.07. The van der Waals surface area contributed by atoms with Crippen LogP contribution in [0.3, 0.4) is 0 Å². The summed E-state index contributed by atoms with van der Waals surface area (Å²) >= 11 is 0. The number of hydrogen-bond donors (Lipinski definition) is 0. The van der Waals surface area contributed by atoms with Crippen molar-refractivity contribution >= 4 is 0 Å². The van der Waals surface area contributed by atoms with Gasteiger partial charge in [0, 0.05) is 0 Å². The van der Waals surface area contributed by atoms with Gasteiger partial charge in [0.15, 0.2) is 0 Å². The van der Waals surface area contributed by atoms with Crippen LogP contribution in [0.15, 0.2) is 43.0 Å². The molecule has 0 amide bonds. The molecule has 0 bridgehead atoms. The molecule has 1 aromatic heterocycles. The Balaban J connectivity index is 1.79. The van der Waals surface area contributed by atoms with Crippen molar-refractivity contribution in [2.75, 3.05) is 6.61 Å². The van der Waals surface area contributed by atoms with Crippen LogP contribution in [-0.2, 0) is 6.54 Å². The summed E-state index contributed by atoms with van der Waals surface area (Å²) in [6.07, 6.45) is 3.35. The third-order valence-electron chi connectivity index (χ3n) is 1.83. The van der Waals surface area contributed by atoms with E-state index in [1.54, 1.807) is 12.7 Å². The Kier molecular flexibility index (Phi) is 2.76. The molecule has 0 saturated carbocycles. The Hall–Kier alpha value is -1.84. The number of aromatic nitrogens is 3. The first-order valence-electron chi connectivity index (χ1n) is 4.45. The van der Waals surface area contributed by atoms with Crippen LogP contribution < -0.4 is 4.74 Å². The van der Waals surface area contributed by atoms with Gasteiger partial charge in [-0.05, 0) is 12.1 Å². The summed E-state index contributed by atoms with van der Waals surface area (Å²) in [6, 6.07) is 9.74. The van der Waals surface area contributed by atoms with Crippen molar-refractivity contribution in [3.8, 4) is 5.75 Å². The molecule has 72 valence electrons. The van der Waals surface area contributed by atoms with E-state index in [1.165, 1.54) is 0 Å². The van der Waals surface area contributed by atoms with Crippen LogP contribution in [-0.4, -0.2) is 21.4 Å². The second-order valence-electron chi connectivity index (χ2n) is 2.86. The zero-order valence-electron chi connectivity index (χ0n) is 7.71. The fourth-order valence-corrected chi connectivity index (χ4v) is 1.12. The number of para-hydroxylation sites is 1. The Labute approximate surface area is 82.2 Å². The predicted octanol–water partition coefficient (Wildman–Crippen LogP) is 1.36. The summed E-state index contributed by atoms with van der Waals surface area (Å²) in [4.78, 5) is 0. The highest BCUT2D eigenvalue weighted by molar-refractivity contribution is 5.20. The average molecular weight is 189 g/mol. The molecule has 0 aliphatic carbocycles. The molecule has 0 saturated heterocycles. The molecule has 0 unspecified atom stereocenters. The van der Waals surface area contributed by atoms with Gasteiger partial charge in [-0.3, -0.25) is 0 Å². The van der Waals surface area contributed by atoms with Crippen LogP contribution in [0.25, 0.3) is 0 Å². The molecule has 1 heterocycles. The van der Waals surface area contributed by atoms with Gasteiger partial charge in [0.2, 0.25) is 0 Å². The van der Waals surface area contributed by atoms with E-state index in [1.807, 2.05) is 34.9 Å². The highest BCUT2D eigenvalue weighted by Gasteiger charge is 1.92. The van der Waals surface area contributed by atoms with Gasteiger partial charge in [0.05, 0.1) is 6.54 Å². The highest BCUT2D eigenvalue weighted by atomic mass is 16.5. The predicted molar refractivity (Wildman–Crippen MR) is 52.0 cm³/mol. The molecule has 0 spiro atoms. The van der Waals surface area contributed by atoms with E-state index < -0.39 is 0 Å². The third-order valence-corrected chi connectivity index (χ3v) is 1.83. The quantitative estimate of drug-likeness (QED) is 0.729. The van der Waals surface area contributed by atoms with Gasteiger partial charge in [-0.25, -0.2) is 0 Å². The van der Waals surface area contributed by atoms with Gasteiger partial charge >= 0.3 is 0 Å². The van der Waals surface area contributed by atoms with Gasteiger partial charge in [-0.2, -0.15) is 0 Å². The van der Waals surface area contributed by atoms with Crippen molar-refractivity contribution in [2.45, 2.75) is 6.54 Å². The molecular weight excluding hydrogens is 178 g/mol. The normalized spacial score (nSPS) is 10.0. The number of hydrogen-bond acceptors (Lipinski definition) is 3. The summed E-state index contributed by atoms with van der Waals surface area (Å²) in [5.74, 6) is 0.889. The first-order valence-corrected chi connectivity index (χ1v) is 4.45. The zero-order valence-corrected chi connectivity index (χ0v) is 7.71. The molecule has 1 aromatic carbocycles. The summed E-state index contributed by atoms with van der Waals surface area (Å²) in [5.41, 5.74) is 0. The van der Waals surface area contributed by atoms with Crippen LogP contribution >= 0.6 is 0 Å². The van der Waals surface area contributed by atoms with Crippen molar-refractivity contribution in [1.29, 1.82) is 0 Å². The number of rotatable bonds is 4. The summed E-state index contributed by atoms with van der Waals surface area (Å²) < 4.78 is 7.38. The van der Waals surface area contributed by atoms with Crippen LogP contribution in [0.1, 0.15) is 0 Å². The number of ether oxygens (including phenoxy) is 1. The molecule has 2 aromatic rings. The van der Waals surface area contributed by atoms with E-state index in [2.05, 4.69) is 10.2 Å². The number of benzene rings is 1. The van der Waals surface area contributed by atoms with Crippen molar-refractivity contribution in [1.82, 2.24) is 14.8 Å². The molecule has 14 heavy (non-hydrogen) atoms. The lowest BCUT2D eigenvalue weighted by Crippen LogP contribution is -2.06. The fourth-order valence-electron chi connectivity index (χ4n) is 1.12. The average Bonchev–Trinajstić information content (AvgIpc) is 2.72. The third kappa shape index (κ3) is 2.32. The van der Waals surface area contributed by atoms with E-state index in [-0.39, 0.29) is 0 Å². The first-order chi connectivity index (χ1) is 6.95. The Morgan fingerprint density at radius 3 is 2.50 bits per heavy atom. The van der Waals surface area contributed by atoms with Gasteiger partial charge < -0.3 is 9.30 Å². The lowest BCUT2D eigenvalue weighted by atomic mass is 10.3. The zero-order chi connectivity index (χ0) is 9.64. The second-order valence-corrected chi connectivity index (χ2v) is 2.86. The fraction of sp³-hybridized carbons (Fsp3) is 0.200. The minimum Gasteiger partial charge on any atom is -0.492 e. The Morgan fingerprint density at radius 1 is 1.07 bits per heavy atom. The Bertz CT molecular complexity index is 358. The molecule has 0 N–H and O–H groups in total. The SMILES string of the molecule is c1ccc(OCCn2cnnc2)cc1. The lowest BCUT2D eigenvalue weighted by molar-refractivity contribution is 0.298. The van der Waals surface area contributed by atoms with Crippen LogP contribution in [0.5, 0.6) is 5.75 Å². The summed E-state index contributed by atoms with van der Waals surface area (Å²) in [5, 5.41) is 7.41. The monoisotopic (exact) mass is 189 g/mol. The first kappa shape index (κ1) is 8.74. The minimum atomic E-state index is 0.627. The maximum absolute atomic E-state index is 5.50. The molecule has 0 radical (unpaired) electrons. The van der Waals surface area contributed by atoms with Crippen molar-refractivity contribution in [2.24, 2.45) is 0 Å². The molecule has 0 atom stereocenters. The maximum Gasteiger partial charge on any atom is 0.119 e. The molecule has 2 rings (SSSR count). The van der Waals surface area contributed by atoms with E-state index in [0.717, 1.165) is 12.3 Å². The number of nitrogens with zero attached hydrogens (tertiary/aromatic N) is 3. The molecule has 0 aliphatic heterocycles. The van der Waals surface area contributed by atoms with Crippen LogP contribution in [0.2, 0.25) is 0 Å². The van der Waals surface area contributed by atoms with Crippen molar-refractivity contribution < 1.29 is 4.74 Å². The van der Waals surface area contributed by atoms with E-state index in [4.69, 9.17) is 4.74 Å². The molecule has 4 nitrogen and oxygen atoms in total. The molecule has 4 heteroatoms. The molecule has 0 aliphatic rings. The smallest absolute Gasteiger partial charge is 0.119 e. The van der Waals surface area contributed by atoms with E-state index >= 15 is 0 Å². The van der Waals surface area contributed by atoms with Crippen molar-refractivity contribution in [3.05, 3.63) is 43.0 Å². The molecular formula is C10H11N3O. The summed E-state index contributed by atoms with van der Waals surface area (Å²) in [7, 11) is 0. The van der Waals surface area contributed by atoms with Crippen LogP contribution in [0.4, 0.5) is 0 Å². The maximum atomic E-state index is 5.50. The summed E-state index contributed by atoms with van der Waals surface area (Å²) in [6.45, 7) is 1.39. The van der Waals surface area contributed by atoms with Crippen LogP contribution in [0, 0.1) is 0 Å². The Morgan fingerprint density at radius 2 is 1.79 bits per heavy atom. The lowest BCUT2D eigenvalue weighted by Gasteiger charge is -2.05. The van der Waals surface area contributed by atoms with E-state index in [9.17, 15) is 0 Å². The standard InChI is InChI=1S/C10H11N3O/c1-2-4-10(5-3-1)14-7-6-13-8-11-12-9-13/h1-5,8-9H,6-7H2. The second kappa shape index (κ2) is 4.41. The van der Waals surface area contributed by atoms with Crippen molar-refractivity contribution in [3.63, 3.8) is 0 Å². The molecule has 0 fully saturated rings. The van der Waals surface area contributed by atoms with Gasteiger partial charge in [0.1, 0.15) is 25.0 Å². The topological polar surface area (TPSA) is 39.9 Å². The van der Waals surface area contributed by atoms with Gasteiger partial charge in [-0.15, -0.1) is 10.2 Å². The minimum absolute atomic E-state index is 0.627. The van der Waals surface area contributed by atoms with E-state index in [0.29, 0.717) is 6.61 Å². The largest absolute Gasteiger partial charge is 0.492 e.